The van der Waals surface area contributed by atoms with Gasteiger partial charge in [-0.25, -0.2) is 15.0 Å². The van der Waals surface area contributed by atoms with Crippen LogP contribution in [-0.4, -0.2) is 15.0 Å². The molecule has 0 bridgehead atoms. The van der Waals surface area contributed by atoms with Gasteiger partial charge in [-0.1, -0.05) is 0 Å². The van der Waals surface area contributed by atoms with Gasteiger partial charge >= 0.3 is 0 Å². The Labute approximate surface area is 108 Å². The lowest BCUT2D eigenvalue weighted by Crippen LogP contribution is -2.22. The van der Waals surface area contributed by atoms with Crippen molar-refractivity contribution in [3.05, 3.63) is 55.1 Å². The Bertz CT molecular complexity index is 589. The fourth-order valence-corrected chi connectivity index (χ4v) is 1.98. The van der Waals surface area contributed by atoms with E-state index in [-0.39, 0.29) is 12.0 Å². The quantitative estimate of drug-likeness (QED) is 0.744. The molecule has 3 aromatic heterocycles. The number of nitrogens with two attached hydrogens (primary N) is 1. The summed E-state index contributed by atoms with van der Waals surface area (Å²) in [6.07, 6.45) is 9.38. The minimum Gasteiger partial charge on any atom is -0.451 e. The molecule has 7 nitrogen and oxygen atoms in total. The van der Waals surface area contributed by atoms with E-state index in [1.165, 1.54) is 25.4 Å². The highest BCUT2D eigenvalue weighted by molar-refractivity contribution is 5.16. The number of hydrogen-bond donors (Lipinski definition) is 1. The molecule has 2 atom stereocenters. The Morgan fingerprint density at radius 1 is 0.895 bits per heavy atom. The summed E-state index contributed by atoms with van der Waals surface area (Å²) in [5.41, 5.74) is 8.44. The second-order valence-corrected chi connectivity index (χ2v) is 4.14. The monoisotopic (exact) mass is 260 g/mol. The SMILES string of the molecule is NC(c1cocn1)C(Cc1cocn1)c1cocn1. The number of hydrogen-bond acceptors (Lipinski definition) is 7. The Morgan fingerprint density at radius 2 is 1.53 bits per heavy atom. The molecular weight excluding hydrogens is 248 g/mol. The standard InChI is InChI=1S/C12H12N4O3/c13-12(11-4-19-7-16-11)9(10-3-18-6-15-10)1-8-2-17-5-14-8/h2-7,9,12H,1,13H2. The van der Waals surface area contributed by atoms with Crippen LogP contribution in [0.5, 0.6) is 0 Å². The smallest absolute Gasteiger partial charge is 0.180 e. The molecular formula is C12H12N4O3. The van der Waals surface area contributed by atoms with Gasteiger partial charge in [0, 0.05) is 12.3 Å². The van der Waals surface area contributed by atoms with Crippen LogP contribution in [0, 0.1) is 0 Å². The topological polar surface area (TPSA) is 104 Å². The van der Waals surface area contributed by atoms with Gasteiger partial charge < -0.3 is 19.0 Å². The summed E-state index contributed by atoms with van der Waals surface area (Å²) in [5, 5.41) is 0. The molecule has 0 amide bonds. The van der Waals surface area contributed by atoms with Crippen molar-refractivity contribution in [3.8, 4) is 0 Å². The molecule has 2 N–H and O–H groups in total. The van der Waals surface area contributed by atoms with E-state index in [0.29, 0.717) is 12.1 Å². The van der Waals surface area contributed by atoms with Crippen LogP contribution in [0.1, 0.15) is 29.0 Å². The first-order valence-electron chi connectivity index (χ1n) is 5.73. The van der Waals surface area contributed by atoms with Crippen molar-refractivity contribution in [3.63, 3.8) is 0 Å². The van der Waals surface area contributed by atoms with Gasteiger partial charge in [-0.15, -0.1) is 0 Å². The molecule has 0 saturated heterocycles. The summed E-state index contributed by atoms with van der Waals surface area (Å²) in [4.78, 5) is 12.4. The van der Waals surface area contributed by atoms with Gasteiger partial charge in [-0.3, -0.25) is 0 Å². The van der Waals surface area contributed by atoms with Crippen LogP contribution in [0.25, 0.3) is 0 Å². The second kappa shape index (κ2) is 5.07. The van der Waals surface area contributed by atoms with Crippen LogP contribution < -0.4 is 5.73 Å². The summed E-state index contributed by atoms with van der Waals surface area (Å²) in [6, 6.07) is -0.361. The predicted octanol–water partition coefficient (Wildman–Crippen LogP) is 1.68. The fourth-order valence-electron chi connectivity index (χ4n) is 1.98. The van der Waals surface area contributed by atoms with E-state index in [9.17, 15) is 0 Å². The lowest BCUT2D eigenvalue weighted by Gasteiger charge is -2.18. The third kappa shape index (κ3) is 2.41. The molecule has 19 heavy (non-hydrogen) atoms. The predicted molar refractivity (Wildman–Crippen MR) is 62.9 cm³/mol. The third-order valence-electron chi connectivity index (χ3n) is 2.97. The molecule has 7 heteroatoms. The summed E-state index contributed by atoms with van der Waals surface area (Å²) < 4.78 is 15.0. The van der Waals surface area contributed by atoms with Gasteiger partial charge in [-0.2, -0.15) is 0 Å². The molecule has 0 aliphatic heterocycles. The normalized spacial score (nSPS) is 14.4. The van der Waals surface area contributed by atoms with Crippen LogP contribution in [0.15, 0.2) is 51.2 Å². The van der Waals surface area contributed by atoms with E-state index < -0.39 is 0 Å². The van der Waals surface area contributed by atoms with Gasteiger partial charge in [0.25, 0.3) is 0 Å². The maximum absolute atomic E-state index is 6.23. The van der Waals surface area contributed by atoms with Crippen molar-refractivity contribution >= 4 is 0 Å². The van der Waals surface area contributed by atoms with Crippen molar-refractivity contribution in [2.45, 2.75) is 18.4 Å². The first-order chi connectivity index (χ1) is 9.34. The Hall–Kier alpha value is -2.41. The number of oxazole rings is 3. The first-order valence-corrected chi connectivity index (χ1v) is 5.73. The van der Waals surface area contributed by atoms with E-state index in [1.807, 2.05) is 0 Å². The molecule has 0 spiro atoms. The van der Waals surface area contributed by atoms with Crippen LogP contribution >= 0.6 is 0 Å². The molecule has 3 aromatic rings. The van der Waals surface area contributed by atoms with Gasteiger partial charge in [0.05, 0.1) is 23.1 Å². The maximum atomic E-state index is 6.23. The molecule has 0 saturated carbocycles. The second-order valence-electron chi connectivity index (χ2n) is 4.14. The van der Waals surface area contributed by atoms with Gasteiger partial charge in [0.2, 0.25) is 0 Å². The zero-order valence-electron chi connectivity index (χ0n) is 9.97. The highest BCUT2D eigenvalue weighted by Crippen LogP contribution is 2.30. The highest BCUT2D eigenvalue weighted by atomic mass is 16.3. The summed E-state index contributed by atoms with van der Waals surface area (Å²) in [6.45, 7) is 0. The third-order valence-corrected chi connectivity index (χ3v) is 2.97. The molecule has 0 radical (unpaired) electrons. The molecule has 0 aliphatic rings. The van der Waals surface area contributed by atoms with Crippen LogP contribution in [-0.2, 0) is 6.42 Å². The minimum absolute atomic E-state index is 0.117. The van der Waals surface area contributed by atoms with E-state index >= 15 is 0 Å². The van der Waals surface area contributed by atoms with Crippen molar-refractivity contribution in [1.82, 2.24) is 15.0 Å². The molecule has 98 valence electrons. The average Bonchev–Trinajstić information content (AvgIpc) is 3.15. The first kappa shape index (κ1) is 11.7. The lowest BCUT2D eigenvalue weighted by molar-refractivity contribution is 0.506. The molecule has 3 heterocycles. The van der Waals surface area contributed by atoms with Gasteiger partial charge in [0.15, 0.2) is 19.2 Å². The number of aromatic nitrogens is 3. The van der Waals surface area contributed by atoms with Crippen molar-refractivity contribution < 1.29 is 13.3 Å². The average molecular weight is 260 g/mol. The van der Waals surface area contributed by atoms with E-state index in [2.05, 4.69) is 15.0 Å². The number of nitrogens with zero attached hydrogens (tertiary/aromatic N) is 3. The molecule has 2 unspecified atom stereocenters. The highest BCUT2D eigenvalue weighted by Gasteiger charge is 2.26. The summed E-state index contributed by atoms with van der Waals surface area (Å²) >= 11 is 0. The zero-order valence-corrected chi connectivity index (χ0v) is 9.97. The van der Waals surface area contributed by atoms with Crippen molar-refractivity contribution in [2.75, 3.05) is 0 Å². The van der Waals surface area contributed by atoms with Gasteiger partial charge in [0.1, 0.15) is 18.8 Å². The molecule has 3 rings (SSSR count). The van der Waals surface area contributed by atoms with Crippen LogP contribution in [0.3, 0.4) is 0 Å². The van der Waals surface area contributed by atoms with Crippen LogP contribution in [0.2, 0.25) is 0 Å². The zero-order chi connectivity index (χ0) is 13.1. The molecule has 0 aliphatic carbocycles. The van der Waals surface area contributed by atoms with E-state index in [4.69, 9.17) is 19.0 Å². The van der Waals surface area contributed by atoms with E-state index in [1.54, 1.807) is 12.5 Å². The minimum atomic E-state index is -0.361. The Balaban J connectivity index is 1.88. The Kier molecular flexibility index (Phi) is 3.11. The summed E-state index contributed by atoms with van der Waals surface area (Å²) in [7, 11) is 0. The fraction of sp³-hybridized carbons (Fsp3) is 0.250. The van der Waals surface area contributed by atoms with Gasteiger partial charge in [-0.05, 0) is 0 Å². The maximum Gasteiger partial charge on any atom is 0.180 e. The Morgan fingerprint density at radius 3 is 2.11 bits per heavy atom. The van der Waals surface area contributed by atoms with E-state index in [0.717, 1.165) is 11.4 Å². The van der Waals surface area contributed by atoms with Crippen LogP contribution in [0.4, 0.5) is 0 Å². The lowest BCUT2D eigenvalue weighted by atomic mass is 9.91. The summed E-state index contributed by atoms with van der Waals surface area (Å²) in [5.74, 6) is -0.117. The van der Waals surface area contributed by atoms with Crippen molar-refractivity contribution in [2.24, 2.45) is 5.73 Å². The molecule has 0 aromatic carbocycles. The van der Waals surface area contributed by atoms with Crippen molar-refractivity contribution in [1.29, 1.82) is 0 Å². The largest absolute Gasteiger partial charge is 0.451 e. The molecule has 0 fully saturated rings. The number of rotatable bonds is 5.